The number of methoxy groups -OCH3 is 1. The van der Waals surface area contributed by atoms with Crippen molar-refractivity contribution in [3.8, 4) is 5.75 Å². The molecular formula is C18H20ClN3O3S. The Balaban J connectivity index is 1.59. The zero-order valence-electron chi connectivity index (χ0n) is 14.3. The minimum atomic E-state index is -0.251. The maximum Gasteiger partial charge on any atom is 0.322 e. The number of ether oxygens (including phenoxy) is 1. The van der Waals surface area contributed by atoms with Crippen molar-refractivity contribution >= 4 is 45.6 Å². The molecule has 1 aliphatic rings. The predicted molar refractivity (Wildman–Crippen MR) is 104 cm³/mol. The maximum atomic E-state index is 12.6. The third-order valence-corrected chi connectivity index (χ3v) is 5.33. The van der Waals surface area contributed by atoms with E-state index in [1.807, 2.05) is 17.5 Å². The van der Waals surface area contributed by atoms with Gasteiger partial charge in [-0.3, -0.25) is 10.1 Å². The van der Waals surface area contributed by atoms with Gasteiger partial charge in [0, 0.05) is 18.8 Å². The first kappa shape index (κ1) is 18.5. The average Bonchev–Trinajstić information content (AvgIpc) is 3.15. The normalized spacial score (nSPS) is 16.8. The second-order valence-electron chi connectivity index (χ2n) is 6.03. The van der Waals surface area contributed by atoms with E-state index in [1.165, 1.54) is 18.4 Å². The van der Waals surface area contributed by atoms with Gasteiger partial charge in [-0.15, -0.1) is 11.3 Å². The van der Waals surface area contributed by atoms with Crippen molar-refractivity contribution in [3.63, 3.8) is 0 Å². The van der Waals surface area contributed by atoms with Crippen molar-refractivity contribution in [2.24, 2.45) is 5.92 Å². The van der Waals surface area contributed by atoms with Crippen molar-refractivity contribution in [3.05, 3.63) is 40.7 Å². The van der Waals surface area contributed by atoms with Crippen LogP contribution in [-0.4, -0.2) is 37.0 Å². The highest BCUT2D eigenvalue weighted by molar-refractivity contribution is 7.14. The molecule has 0 radical (unpaired) electrons. The average molecular weight is 394 g/mol. The molecule has 2 heterocycles. The summed E-state index contributed by atoms with van der Waals surface area (Å²) in [6, 6.07) is 8.67. The molecule has 2 aromatic rings. The van der Waals surface area contributed by atoms with Gasteiger partial charge in [-0.1, -0.05) is 11.6 Å². The number of urea groups is 1. The van der Waals surface area contributed by atoms with Crippen LogP contribution in [0.25, 0.3) is 0 Å². The van der Waals surface area contributed by atoms with E-state index in [0.717, 1.165) is 17.8 Å². The van der Waals surface area contributed by atoms with E-state index in [1.54, 1.807) is 23.1 Å². The second-order valence-corrected chi connectivity index (χ2v) is 7.39. The molecule has 6 nitrogen and oxygen atoms in total. The number of rotatable bonds is 4. The fourth-order valence-electron chi connectivity index (χ4n) is 2.90. The lowest BCUT2D eigenvalue weighted by molar-refractivity contribution is -0.121. The first-order valence-electron chi connectivity index (χ1n) is 8.30. The number of anilines is 2. The first-order valence-corrected chi connectivity index (χ1v) is 9.56. The van der Waals surface area contributed by atoms with Gasteiger partial charge in [0.2, 0.25) is 5.91 Å². The Morgan fingerprint density at radius 2 is 2.15 bits per heavy atom. The number of carbonyl (C=O) groups is 2. The number of benzene rings is 1. The predicted octanol–water partition coefficient (Wildman–Crippen LogP) is 4.29. The number of thiophene rings is 1. The van der Waals surface area contributed by atoms with Crippen LogP contribution in [0.3, 0.4) is 0 Å². The molecule has 1 aromatic carbocycles. The molecule has 1 saturated heterocycles. The summed E-state index contributed by atoms with van der Waals surface area (Å²) in [5, 5.41) is 8.88. The lowest BCUT2D eigenvalue weighted by Crippen LogP contribution is -2.45. The Morgan fingerprint density at radius 1 is 1.31 bits per heavy atom. The number of piperidine rings is 1. The van der Waals surface area contributed by atoms with Crippen LogP contribution < -0.4 is 15.4 Å². The summed E-state index contributed by atoms with van der Waals surface area (Å²) < 4.78 is 5.11. The molecule has 1 atom stereocenters. The molecule has 0 bridgehead atoms. The molecule has 1 aliphatic heterocycles. The van der Waals surface area contributed by atoms with E-state index < -0.39 is 0 Å². The summed E-state index contributed by atoms with van der Waals surface area (Å²) in [6.45, 7) is 1.04. The van der Waals surface area contributed by atoms with E-state index in [2.05, 4.69) is 10.6 Å². The van der Waals surface area contributed by atoms with Crippen molar-refractivity contribution < 1.29 is 14.3 Å². The van der Waals surface area contributed by atoms with Crippen molar-refractivity contribution in [2.75, 3.05) is 30.8 Å². The molecule has 1 unspecified atom stereocenters. The number of hydrogen-bond acceptors (Lipinski definition) is 4. The van der Waals surface area contributed by atoms with Gasteiger partial charge in [0.15, 0.2) is 0 Å². The van der Waals surface area contributed by atoms with Crippen LogP contribution in [0.4, 0.5) is 15.5 Å². The quantitative estimate of drug-likeness (QED) is 0.813. The zero-order chi connectivity index (χ0) is 18.5. The fourth-order valence-corrected chi connectivity index (χ4v) is 3.76. The molecule has 26 heavy (non-hydrogen) atoms. The van der Waals surface area contributed by atoms with Gasteiger partial charge in [0.1, 0.15) is 5.75 Å². The van der Waals surface area contributed by atoms with Crippen molar-refractivity contribution in [1.82, 2.24) is 4.90 Å². The Labute approximate surface area is 161 Å². The number of halogens is 1. The van der Waals surface area contributed by atoms with Gasteiger partial charge in [0.25, 0.3) is 0 Å². The molecule has 2 N–H and O–H groups in total. The highest BCUT2D eigenvalue weighted by Crippen LogP contribution is 2.28. The van der Waals surface area contributed by atoms with Crippen LogP contribution in [0, 0.1) is 5.92 Å². The Hall–Kier alpha value is -2.25. The van der Waals surface area contributed by atoms with Crippen LogP contribution in [-0.2, 0) is 4.79 Å². The third kappa shape index (κ3) is 4.47. The van der Waals surface area contributed by atoms with Crippen LogP contribution in [0.15, 0.2) is 35.7 Å². The minimum Gasteiger partial charge on any atom is -0.495 e. The Kier molecular flexibility index (Phi) is 6.00. The van der Waals surface area contributed by atoms with Gasteiger partial charge >= 0.3 is 6.03 Å². The maximum absolute atomic E-state index is 12.6. The van der Waals surface area contributed by atoms with Gasteiger partial charge in [-0.2, -0.15) is 0 Å². The van der Waals surface area contributed by atoms with E-state index in [0.29, 0.717) is 29.5 Å². The molecule has 1 aromatic heterocycles. The second kappa shape index (κ2) is 8.42. The smallest absolute Gasteiger partial charge is 0.322 e. The molecule has 0 saturated carbocycles. The molecule has 1 fully saturated rings. The molecule has 138 valence electrons. The van der Waals surface area contributed by atoms with Gasteiger partial charge in [0.05, 0.1) is 23.1 Å². The van der Waals surface area contributed by atoms with Gasteiger partial charge < -0.3 is 15.0 Å². The summed E-state index contributed by atoms with van der Waals surface area (Å²) in [4.78, 5) is 26.6. The monoisotopic (exact) mass is 393 g/mol. The van der Waals surface area contributed by atoms with E-state index in [-0.39, 0.29) is 17.9 Å². The minimum absolute atomic E-state index is 0.111. The van der Waals surface area contributed by atoms with Gasteiger partial charge in [-0.25, -0.2) is 4.79 Å². The number of nitrogens with zero attached hydrogens (tertiary/aromatic N) is 1. The summed E-state index contributed by atoms with van der Waals surface area (Å²) in [5.41, 5.74) is 0.612. The standard InChI is InChI=1S/C18H20ClN3O3S/c1-25-15-7-6-13(10-14(15)19)20-17(23)12-4-2-8-22(11-12)18(24)21-16-5-3-9-26-16/h3,5-7,9-10,12H,2,4,8,11H2,1H3,(H,20,23)(H,21,24). The zero-order valence-corrected chi connectivity index (χ0v) is 15.9. The number of amides is 3. The van der Waals surface area contributed by atoms with Crippen LogP contribution in [0.1, 0.15) is 12.8 Å². The van der Waals surface area contributed by atoms with E-state index in [4.69, 9.17) is 16.3 Å². The highest BCUT2D eigenvalue weighted by atomic mass is 35.5. The fraction of sp³-hybridized carbons (Fsp3) is 0.333. The summed E-state index contributed by atoms with van der Waals surface area (Å²) in [5.74, 6) is 0.192. The number of likely N-dealkylation sites (tertiary alicyclic amines) is 1. The molecule has 8 heteroatoms. The number of carbonyl (C=O) groups excluding carboxylic acids is 2. The highest BCUT2D eigenvalue weighted by Gasteiger charge is 2.28. The molecule has 0 aliphatic carbocycles. The largest absolute Gasteiger partial charge is 0.495 e. The van der Waals surface area contributed by atoms with Crippen LogP contribution in [0.2, 0.25) is 5.02 Å². The topological polar surface area (TPSA) is 70.7 Å². The SMILES string of the molecule is COc1ccc(NC(=O)C2CCCN(C(=O)Nc3cccs3)C2)cc1Cl. The summed E-state index contributed by atoms with van der Waals surface area (Å²) >= 11 is 7.56. The molecule has 0 spiro atoms. The number of hydrogen-bond donors (Lipinski definition) is 2. The molecule has 3 amide bonds. The molecule has 3 rings (SSSR count). The van der Waals surface area contributed by atoms with Crippen molar-refractivity contribution in [2.45, 2.75) is 12.8 Å². The van der Waals surface area contributed by atoms with Crippen LogP contribution >= 0.6 is 22.9 Å². The van der Waals surface area contributed by atoms with Crippen molar-refractivity contribution in [1.29, 1.82) is 0 Å². The lowest BCUT2D eigenvalue weighted by Gasteiger charge is -2.31. The summed E-state index contributed by atoms with van der Waals surface area (Å²) in [7, 11) is 1.54. The van der Waals surface area contributed by atoms with Crippen LogP contribution in [0.5, 0.6) is 5.75 Å². The number of nitrogens with one attached hydrogen (secondary N) is 2. The summed E-state index contributed by atoms with van der Waals surface area (Å²) in [6.07, 6.45) is 1.54. The third-order valence-electron chi connectivity index (χ3n) is 4.25. The molecular weight excluding hydrogens is 374 g/mol. The Morgan fingerprint density at radius 3 is 2.85 bits per heavy atom. The van der Waals surface area contributed by atoms with Gasteiger partial charge in [-0.05, 0) is 48.6 Å². The Bertz CT molecular complexity index is 782. The van der Waals surface area contributed by atoms with E-state index in [9.17, 15) is 9.59 Å². The van der Waals surface area contributed by atoms with E-state index >= 15 is 0 Å². The first-order chi connectivity index (χ1) is 12.6. The lowest BCUT2D eigenvalue weighted by atomic mass is 9.97.